The molecule has 102 valence electrons. The van der Waals surface area contributed by atoms with E-state index in [2.05, 4.69) is 49.7 Å². The van der Waals surface area contributed by atoms with Crippen LogP contribution in [-0.2, 0) is 6.54 Å². The summed E-state index contributed by atoms with van der Waals surface area (Å²) >= 11 is 0. The van der Waals surface area contributed by atoms with Crippen LogP contribution in [0.4, 0.5) is 0 Å². The average molecular weight is 249 g/mol. The smallest absolute Gasteiger partial charge is 0.0644 e. The van der Waals surface area contributed by atoms with Crippen molar-refractivity contribution in [2.75, 3.05) is 0 Å². The highest BCUT2D eigenvalue weighted by Gasteiger charge is 2.25. The molecule has 3 atom stereocenters. The first-order chi connectivity index (χ1) is 8.52. The summed E-state index contributed by atoms with van der Waals surface area (Å²) in [6, 6.07) is 1.11. The lowest BCUT2D eigenvalue weighted by Gasteiger charge is -2.20. The highest BCUT2D eigenvalue weighted by molar-refractivity contribution is 5.28. The van der Waals surface area contributed by atoms with Crippen molar-refractivity contribution in [2.24, 2.45) is 5.92 Å². The molecule has 0 radical (unpaired) electrons. The number of aryl methyl sites for hydroxylation is 2. The lowest BCUT2D eigenvalue weighted by atomic mass is 10.0. The predicted octanol–water partition coefficient (Wildman–Crippen LogP) is 3.36. The second kappa shape index (κ2) is 5.43. The number of hydrogen-bond donors (Lipinski definition) is 1. The van der Waals surface area contributed by atoms with Crippen LogP contribution in [0.5, 0.6) is 0 Å². The van der Waals surface area contributed by atoms with Gasteiger partial charge in [-0.25, -0.2) is 0 Å². The molecule has 1 aromatic heterocycles. The molecule has 0 aliphatic heterocycles. The van der Waals surface area contributed by atoms with Gasteiger partial charge in [-0.1, -0.05) is 6.92 Å². The fourth-order valence-corrected chi connectivity index (χ4v) is 3.44. The van der Waals surface area contributed by atoms with Gasteiger partial charge in [0.05, 0.1) is 5.69 Å². The van der Waals surface area contributed by atoms with Gasteiger partial charge in [0.1, 0.15) is 0 Å². The van der Waals surface area contributed by atoms with Gasteiger partial charge in [0, 0.05) is 29.9 Å². The second-order valence-electron chi connectivity index (χ2n) is 5.90. The van der Waals surface area contributed by atoms with Crippen LogP contribution in [-0.4, -0.2) is 15.8 Å². The van der Waals surface area contributed by atoms with Crippen molar-refractivity contribution in [3.63, 3.8) is 0 Å². The Morgan fingerprint density at radius 2 is 2.11 bits per heavy atom. The molecule has 18 heavy (non-hydrogen) atoms. The number of aromatic nitrogens is 2. The van der Waals surface area contributed by atoms with Crippen molar-refractivity contribution in [1.29, 1.82) is 0 Å². The van der Waals surface area contributed by atoms with E-state index in [9.17, 15) is 0 Å². The summed E-state index contributed by atoms with van der Waals surface area (Å²) in [4.78, 5) is 0. The third kappa shape index (κ3) is 2.61. The number of nitrogens with one attached hydrogen (secondary N) is 1. The fraction of sp³-hybridized carbons (Fsp3) is 0.800. The first-order valence-electron chi connectivity index (χ1n) is 7.32. The Morgan fingerprint density at radius 3 is 2.61 bits per heavy atom. The third-order valence-electron chi connectivity index (χ3n) is 4.35. The lowest BCUT2D eigenvalue weighted by molar-refractivity contribution is 0.446. The molecule has 1 N–H and O–H groups in total. The van der Waals surface area contributed by atoms with E-state index in [-0.39, 0.29) is 0 Å². The molecule has 0 spiro atoms. The van der Waals surface area contributed by atoms with Gasteiger partial charge < -0.3 is 5.32 Å². The summed E-state index contributed by atoms with van der Waals surface area (Å²) in [5.74, 6) is 0.884. The third-order valence-corrected chi connectivity index (χ3v) is 4.35. The summed E-state index contributed by atoms with van der Waals surface area (Å²) in [6.07, 6.45) is 4.02. The highest BCUT2D eigenvalue weighted by atomic mass is 15.3. The van der Waals surface area contributed by atoms with Crippen LogP contribution < -0.4 is 5.32 Å². The minimum Gasteiger partial charge on any atom is -0.307 e. The molecule has 2 rings (SSSR count). The maximum atomic E-state index is 4.62. The van der Waals surface area contributed by atoms with Crippen LogP contribution in [0.2, 0.25) is 0 Å². The minimum absolute atomic E-state index is 0.417. The quantitative estimate of drug-likeness (QED) is 0.886. The molecule has 1 aliphatic carbocycles. The van der Waals surface area contributed by atoms with Crippen LogP contribution in [0.25, 0.3) is 0 Å². The molecule has 1 aromatic rings. The van der Waals surface area contributed by atoms with E-state index in [4.69, 9.17) is 0 Å². The fourth-order valence-electron chi connectivity index (χ4n) is 3.44. The Labute approximate surface area is 111 Å². The molecule has 0 amide bonds. The van der Waals surface area contributed by atoms with E-state index in [0.29, 0.717) is 12.1 Å². The van der Waals surface area contributed by atoms with Crippen LogP contribution in [0.3, 0.4) is 0 Å². The Balaban J connectivity index is 2.08. The molecule has 0 saturated heterocycles. The Bertz CT molecular complexity index is 408. The standard InChI is InChI=1S/C15H27N3/c1-6-18-13(5)15(12(4)17-18)11(3)16-14-8-7-10(2)9-14/h10-11,14,16H,6-9H2,1-5H3. The summed E-state index contributed by atoms with van der Waals surface area (Å²) < 4.78 is 2.11. The molecule has 0 bridgehead atoms. The summed E-state index contributed by atoms with van der Waals surface area (Å²) in [5.41, 5.74) is 3.90. The van der Waals surface area contributed by atoms with E-state index in [1.807, 2.05) is 0 Å². The summed E-state index contributed by atoms with van der Waals surface area (Å²) in [7, 11) is 0. The normalized spacial score (nSPS) is 25.6. The van der Waals surface area contributed by atoms with Gasteiger partial charge >= 0.3 is 0 Å². The topological polar surface area (TPSA) is 29.9 Å². The second-order valence-corrected chi connectivity index (χ2v) is 5.90. The van der Waals surface area contributed by atoms with E-state index >= 15 is 0 Å². The molecule has 3 unspecified atom stereocenters. The molecule has 1 heterocycles. The number of nitrogens with zero attached hydrogens (tertiary/aromatic N) is 2. The SMILES string of the molecule is CCn1nc(C)c(C(C)NC2CCC(C)C2)c1C. The van der Waals surface area contributed by atoms with Crippen LogP contribution >= 0.6 is 0 Å². The average Bonchev–Trinajstić information content (AvgIpc) is 2.83. The Morgan fingerprint density at radius 1 is 1.39 bits per heavy atom. The van der Waals surface area contributed by atoms with Gasteiger partial charge in [-0.2, -0.15) is 5.10 Å². The van der Waals surface area contributed by atoms with Crippen molar-refractivity contribution < 1.29 is 0 Å². The molecular formula is C15H27N3. The Hall–Kier alpha value is -0.830. The lowest BCUT2D eigenvalue weighted by Crippen LogP contribution is -2.29. The van der Waals surface area contributed by atoms with Crippen LogP contribution in [0.1, 0.15) is 63.0 Å². The molecule has 3 heteroatoms. The first kappa shape index (κ1) is 13.6. The van der Waals surface area contributed by atoms with Gasteiger partial charge in [-0.05, 0) is 52.9 Å². The van der Waals surface area contributed by atoms with E-state index < -0.39 is 0 Å². The molecule has 1 saturated carbocycles. The zero-order valence-corrected chi connectivity index (χ0v) is 12.5. The molecular weight excluding hydrogens is 222 g/mol. The van der Waals surface area contributed by atoms with E-state index in [0.717, 1.165) is 12.5 Å². The van der Waals surface area contributed by atoms with Crippen molar-refractivity contribution >= 4 is 0 Å². The monoisotopic (exact) mass is 249 g/mol. The highest BCUT2D eigenvalue weighted by Crippen LogP contribution is 2.28. The van der Waals surface area contributed by atoms with Crippen LogP contribution in [0, 0.1) is 19.8 Å². The Kier molecular flexibility index (Phi) is 4.10. The summed E-state index contributed by atoms with van der Waals surface area (Å²) in [6.45, 7) is 12.1. The van der Waals surface area contributed by atoms with E-state index in [1.54, 1.807) is 0 Å². The zero-order valence-electron chi connectivity index (χ0n) is 12.5. The maximum Gasteiger partial charge on any atom is 0.0644 e. The first-order valence-corrected chi connectivity index (χ1v) is 7.32. The van der Waals surface area contributed by atoms with Crippen molar-refractivity contribution in [1.82, 2.24) is 15.1 Å². The predicted molar refractivity (Wildman–Crippen MR) is 75.7 cm³/mol. The molecule has 3 nitrogen and oxygen atoms in total. The van der Waals surface area contributed by atoms with Gasteiger partial charge in [0.2, 0.25) is 0 Å². The van der Waals surface area contributed by atoms with Gasteiger partial charge in [0.15, 0.2) is 0 Å². The molecule has 0 aromatic carbocycles. The number of rotatable bonds is 4. The van der Waals surface area contributed by atoms with Gasteiger partial charge in [-0.15, -0.1) is 0 Å². The van der Waals surface area contributed by atoms with Crippen LogP contribution in [0.15, 0.2) is 0 Å². The minimum atomic E-state index is 0.417. The van der Waals surface area contributed by atoms with Gasteiger partial charge in [0.25, 0.3) is 0 Å². The van der Waals surface area contributed by atoms with Crippen molar-refractivity contribution in [2.45, 2.75) is 72.5 Å². The largest absolute Gasteiger partial charge is 0.307 e. The summed E-state index contributed by atoms with van der Waals surface area (Å²) in [5, 5.41) is 8.41. The van der Waals surface area contributed by atoms with Crippen molar-refractivity contribution in [3.05, 3.63) is 17.0 Å². The molecule has 1 fully saturated rings. The van der Waals surface area contributed by atoms with Gasteiger partial charge in [-0.3, -0.25) is 4.68 Å². The maximum absolute atomic E-state index is 4.62. The van der Waals surface area contributed by atoms with E-state index in [1.165, 1.54) is 36.2 Å². The molecule has 1 aliphatic rings. The zero-order chi connectivity index (χ0) is 13.3. The number of hydrogen-bond acceptors (Lipinski definition) is 2. The van der Waals surface area contributed by atoms with Crippen molar-refractivity contribution in [3.8, 4) is 0 Å².